The molecule has 0 saturated heterocycles. The van der Waals surface area contributed by atoms with Gasteiger partial charge in [0.1, 0.15) is 17.3 Å². The number of primary amides is 1. The third kappa shape index (κ3) is 3.01. The average Bonchev–Trinajstić information content (AvgIpc) is 2.56. The van der Waals surface area contributed by atoms with E-state index in [-0.39, 0.29) is 11.6 Å². The molecule has 3 rings (SSSR count). The highest BCUT2D eigenvalue weighted by Gasteiger charge is 2.10. The molecule has 0 bridgehead atoms. The summed E-state index contributed by atoms with van der Waals surface area (Å²) in [6.07, 6.45) is 1.53. The van der Waals surface area contributed by atoms with E-state index in [0.29, 0.717) is 22.5 Å². The Bertz CT molecular complexity index is 861. The van der Waals surface area contributed by atoms with Crippen LogP contribution in [0.25, 0.3) is 22.5 Å². The Kier molecular flexibility index (Phi) is 3.72. The van der Waals surface area contributed by atoms with E-state index in [1.54, 1.807) is 36.4 Å². The molecule has 6 heteroatoms. The summed E-state index contributed by atoms with van der Waals surface area (Å²) in [5.74, 6) is -0.558. The van der Waals surface area contributed by atoms with Crippen molar-refractivity contribution in [3.8, 4) is 22.5 Å². The van der Waals surface area contributed by atoms with Crippen molar-refractivity contribution in [2.75, 3.05) is 5.73 Å². The number of carbonyl (C=O) groups excluding carboxylic acids is 1. The first-order valence-corrected chi connectivity index (χ1v) is 6.83. The van der Waals surface area contributed by atoms with Crippen LogP contribution in [0.15, 0.2) is 54.7 Å². The van der Waals surface area contributed by atoms with Crippen molar-refractivity contribution in [1.82, 2.24) is 9.97 Å². The van der Waals surface area contributed by atoms with E-state index in [9.17, 15) is 9.18 Å². The lowest BCUT2D eigenvalue weighted by Gasteiger charge is -2.08. The standard InChI is InChI=1S/C17H13FN4O/c18-13-7-5-10(6-8-13)14-9-21-16(19)15(22-14)11-1-3-12(4-2-11)17(20)23/h1-9H,(H2,19,21)(H2,20,23). The molecule has 5 nitrogen and oxygen atoms in total. The normalized spacial score (nSPS) is 10.5. The summed E-state index contributed by atoms with van der Waals surface area (Å²) < 4.78 is 13.0. The molecule has 3 aromatic rings. The highest BCUT2D eigenvalue weighted by Crippen LogP contribution is 2.26. The fraction of sp³-hybridized carbons (Fsp3) is 0. The van der Waals surface area contributed by atoms with Gasteiger partial charge in [0.15, 0.2) is 0 Å². The number of nitrogens with zero attached hydrogens (tertiary/aromatic N) is 2. The largest absolute Gasteiger partial charge is 0.382 e. The lowest BCUT2D eigenvalue weighted by atomic mass is 10.1. The maximum atomic E-state index is 13.0. The number of hydrogen-bond acceptors (Lipinski definition) is 4. The Morgan fingerprint density at radius 1 is 0.957 bits per heavy atom. The van der Waals surface area contributed by atoms with Gasteiger partial charge in [-0.25, -0.2) is 14.4 Å². The van der Waals surface area contributed by atoms with Gasteiger partial charge < -0.3 is 11.5 Å². The first-order chi connectivity index (χ1) is 11.0. The summed E-state index contributed by atoms with van der Waals surface area (Å²) in [7, 11) is 0. The second kappa shape index (κ2) is 5.84. The summed E-state index contributed by atoms with van der Waals surface area (Å²) in [6.45, 7) is 0. The Hall–Kier alpha value is -3.28. The van der Waals surface area contributed by atoms with Crippen LogP contribution in [-0.2, 0) is 0 Å². The van der Waals surface area contributed by atoms with E-state index in [0.717, 1.165) is 5.56 Å². The van der Waals surface area contributed by atoms with Gasteiger partial charge in [0.05, 0.1) is 11.9 Å². The Labute approximate surface area is 131 Å². The third-order valence-electron chi connectivity index (χ3n) is 3.38. The molecule has 23 heavy (non-hydrogen) atoms. The van der Waals surface area contributed by atoms with Crippen LogP contribution in [0.2, 0.25) is 0 Å². The van der Waals surface area contributed by atoms with Gasteiger partial charge >= 0.3 is 0 Å². The van der Waals surface area contributed by atoms with E-state index >= 15 is 0 Å². The Morgan fingerprint density at radius 2 is 1.57 bits per heavy atom. The minimum absolute atomic E-state index is 0.266. The van der Waals surface area contributed by atoms with Gasteiger partial charge in [0, 0.05) is 16.7 Å². The molecular formula is C17H13FN4O. The highest BCUT2D eigenvalue weighted by atomic mass is 19.1. The van der Waals surface area contributed by atoms with Gasteiger partial charge in [-0.1, -0.05) is 12.1 Å². The van der Waals surface area contributed by atoms with E-state index in [1.807, 2.05) is 0 Å². The number of nitrogens with two attached hydrogens (primary N) is 2. The molecule has 0 saturated carbocycles. The van der Waals surface area contributed by atoms with Crippen LogP contribution in [0.1, 0.15) is 10.4 Å². The number of aromatic nitrogens is 2. The molecule has 0 aliphatic heterocycles. The number of hydrogen-bond donors (Lipinski definition) is 2. The van der Waals surface area contributed by atoms with Gasteiger partial charge in [-0.2, -0.15) is 0 Å². The second-order valence-corrected chi connectivity index (χ2v) is 4.94. The van der Waals surface area contributed by atoms with Crippen molar-refractivity contribution < 1.29 is 9.18 Å². The lowest BCUT2D eigenvalue weighted by molar-refractivity contribution is 0.100. The predicted molar refractivity (Wildman–Crippen MR) is 85.8 cm³/mol. The molecule has 0 radical (unpaired) electrons. The summed E-state index contributed by atoms with van der Waals surface area (Å²) in [5, 5.41) is 0. The van der Waals surface area contributed by atoms with E-state index in [4.69, 9.17) is 11.5 Å². The molecule has 0 fully saturated rings. The highest BCUT2D eigenvalue weighted by molar-refractivity contribution is 5.93. The zero-order chi connectivity index (χ0) is 16.4. The zero-order valence-corrected chi connectivity index (χ0v) is 12.0. The maximum absolute atomic E-state index is 13.0. The monoisotopic (exact) mass is 308 g/mol. The summed E-state index contributed by atoms with van der Waals surface area (Å²) in [5.41, 5.74) is 14.0. The number of nitrogen functional groups attached to an aromatic ring is 1. The van der Waals surface area contributed by atoms with Crippen molar-refractivity contribution in [3.05, 3.63) is 66.1 Å². The molecule has 0 spiro atoms. The van der Waals surface area contributed by atoms with Crippen LogP contribution in [0.4, 0.5) is 10.2 Å². The molecule has 0 atom stereocenters. The fourth-order valence-corrected chi connectivity index (χ4v) is 2.16. The van der Waals surface area contributed by atoms with Crippen molar-refractivity contribution in [2.45, 2.75) is 0 Å². The van der Waals surface area contributed by atoms with Gasteiger partial charge in [-0.15, -0.1) is 0 Å². The van der Waals surface area contributed by atoms with Crippen molar-refractivity contribution in [1.29, 1.82) is 0 Å². The quantitative estimate of drug-likeness (QED) is 0.777. The average molecular weight is 308 g/mol. The minimum Gasteiger partial charge on any atom is -0.382 e. The molecule has 0 aliphatic carbocycles. The predicted octanol–water partition coefficient (Wildman–Crippen LogP) is 2.63. The molecular weight excluding hydrogens is 295 g/mol. The first kappa shape index (κ1) is 14.6. The van der Waals surface area contributed by atoms with Gasteiger partial charge in [-0.05, 0) is 36.4 Å². The number of halogens is 1. The van der Waals surface area contributed by atoms with Gasteiger partial charge in [0.2, 0.25) is 5.91 Å². The van der Waals surface area contributed by atoms with Gasteiger partial charge in [0.25, 0.3) is 0 Å². The van der Waals surface area contributed by atoms with Crippen LogP contribution in [0.5, 0.6) is 0 Å². The minimum atomic E-state index is -0.504. The number of carbonyl (C=O) groups is 1. The van der Waals surface area contributed by atoms with Crippen LogP contribution in [0.3, 0.4) is 0 Å². The van der Waals surface area contributed by atoms with Crippen LogP contribution in [-0.4, -0.2) is 15.9 Å². The topological polar surface area (TPSA) is 94.9 Å². The van der Waals surface area contributed by atoms with Crippen LogP contribution >= 0.6 is 0 Å². The van der Waals surface area contributed by atoms with E-state index in [2.05, 4.69) is 9.97 Å². The fourth-order valence-electron chi connectivity index (χ4n) is 2.16. The SMILES string of the molecule is NC(=O)c1ccc(-c2nc(-c3ccc(F)cc3)cnc2N)cc1. The zero-order valence-electron chi connectivity index (χ0n) is 12.0. The second-order valence-electron chi connectivity index (χ2n) is 4.94. The smallest absolute Gasteiger partial charge is 0.248 e. The maximum Gasteiger partial charge on any atom is 0.248 e. The lowest BCUT2D eigenvalue weighted by Crippen LogP contribution is -2.10. The molecule has 114 valence electrons. The third-order valence-corrected chi connectivity index (χ3v) is 3.38. The first-order valence-electron chi connectivity index (χ1n) is 6.83. The van der Waals surface area contributed by atoms with Crippen LogP contribution in [0, 0.1) is 5.82 Å². The number of amides is 1. The summed E-state index contributed by atoms with van der Waals surface area (Å²) in [6, 6.07) is 12.6. The molecule has 1 heterocycles. The van der Waals surface area contributed by atoms with E-state index in [1.165, 1.54) is 18.3 Å². The van der Waals surface area contributed by atoms with Gasteiger partial charge in [-0.3, -0.25) is 4.79 Å². The van der Waals surface area contributed by atoms with E-state index < -0.39 is 5.91 Å². The number of anilines is 1. The Balaban J connectivity index is 2.03. The molecule has 1 amide bonds. The molecule has 1 aromatic heterocycles. The summed E-state index contributed by atoms with van der Waals surface area (Å²) >= 11 is 0. The molecule has 2 aromatic carbocycles. The Morgan fingerprint density at radius 3 is 2.17 bits per heavy atom. The molecule has 4 N–H and O–H groups in total. The van der Waals surface area contributed by atoms with Crippen LogP contribution < -0.4 is 11.5 Å². The van der Waals surface area contributed by atoms with Crippen molar-refractivity contribution in [3.63, 3.8) is 0 Å². The van der Waals surface area contributed by atoms with Crippen molar-refractivity contribution >= 4 is 11.7 Å². The number of benzene rings is 2. The van der Waals surface area contributed by atoms with Crippen molar-refractivity contribution in [2.24, 2.45) is 5.73 Å². The summed E-state index contributed by atoms with van der Waals surface area (Å²) in [4.78, 5) is 19.8. The number of rotatable bonds is 3. The molecule has 0 aliphatic rings. The molecule has 0 unspecified atom stereocenters.